The summed E-state index contributed by atoms with van der Waals surface area (Å²) in [6, 6.07) is 6.97. The fraction of sp³-hybridized carbons (Fsp3) is 0.370. The highest BCUT2D eigenvalue weighted by molar-refractivity contribution is 7.98. The van der Waals surface area contributed by atoms with Gasteiger partial charge in [0.15, 0.2) is 17.3 Å². The second-order valence-electron chi connectivity index (χ2n) is 10.3. The van der Waals surface area contributed by atoms with Crippen LogP contribution in [-0.4, -0.2) is 39.6 Å². The van der Waals surface area contributed by atoms with Gasteiger partial charge in [0.1, 0.15) is 11.8 Å². The molecule has 10 nitrogen and oxygen atoms in total. The smallest absolute Gasteiger partial charge is 0.295 e. The van der Waals surface area contributed by atoms with Crippen LogP contribution >= 0.6 is 0 Å². The lowest BCUT2D eigenvalue weighted by Gasteiger charge is -2.19. The predicted octanol–water partition coefficient (Wildman–Crippen LogP) is 3.36. The molecule has 38 heavy (non-hydrogen) atoms. The van der Waals surface area contributed by atoms with E-state index in [2.05, 4.69) is 38.0 Å². The van der Waals surface area contributed by atoms with Crippen LogP contribution in [0.1, 0.15) is 61.5 Å². The number of anilines is 1. The minimum Gasteiger partial charge on any atom is -0.361 e. The fourth-order valence-electron chi connectivity index (χ4n) is 4.86. The van der Waals surface area contributed by atoms with Gasteiger partial charge in [-0.15, -0.1) is 0 Å². The molecule has 2 aliphatic carbocycles. The fourth-order valence-corrected chi connectivity index (χ4v) is 5.46. The van der Waals surface area contributed by atoms with Gasteiger partial charge in [-0.25, -0.2) is 29.1 Å². The molecule has 0 radical (unpaired) electrons. The summed E-state index contributed by atoms with van der Waals surface area (Å²) in [4.78, 5) is 37.3. The molecule has 3 heterocycles. The van der Waals surface area contributed by atoms with Crippen LogP contribution < -0.4 is 16.0 Å². The molecule has 4 aromatic rings. The van der Waals surface area contributed by atoms with Crippen molar-refractivity contribution in [3.8, 4) is 11.4 Å². The first-order valence-electron chi connectivity index (χ1n) is 12.8. The summed E-state index contributed by atoms with van der Waals surface area (Å²) < 4.78 is 13.7. The lowest BCUT2D eigenvalue weighted by atomic mass is 10.1. The van der Waals surface area contributed by atoms with Crippen molar-refractivity contribution in [3.05, 3.63) is 64.1 Å². The molecule has 1 aromatic carbocycles. The number of fused-ring (bicyclic) bond motifs is 1. The zero-order valence-corrected chi connectivity index (χ0v) is 22.2. The van der Waals surface area contributed by atoms with Crippen molar-refractivity contribution in [2.75, 3.05) is 5.32 Å². The van der Waals surface area contributed by atoms with Crippen molar-refractivity contribution in [1.82, 2.24) is 29.5 Å². The molecule has 0 aliphatic heterocycles. The van der Waals surface area contributed by atoms with E-state index in [1.54, 1.807) is 29.2 Å². The maximum absolute atomic E-state index is 13.8. The van der Waals surface area contributed by atoms with E-state index < -0.39 is 9.71 Å². The van der Waals surface area contributed by atoms with E-state index >= 15 is 0 Å². The molecule has 2 aliphatic rings. The first-order valence-corrected chi connectivity index (χ1v) is 14.6. The Balaban J connectivity index is 1.40. The van der Waals surface area contributed by atoms with E-state index in [-0.39, 0.29) is 17.4 Å². The summed E-state index contributed by atoms with van der Waals surface area (Å²) in [7, 11) is -2.77. The second kappa shape index (κ2) is 9.25. The first kappa shape index (κ1) is 24.6. The van der Waals surface area contributed by atoms with E-state index in [1.165, 1.54) is 0 Å². The molecule has 2 saturated carbocycles. The quantitative estimate of drug-likeness (QED) is 0.330. The molecule has 6 rings (SSSR count). The first-order chi connectivity index (χ1) is 18.2. The molecular formula is C27H30N8O2S. The molecule has 2 atom stereocenters. The third-order valence-electron chi connectivity index (χ3n) is 7.38. The SMILES string of the molecule is C=S(N)(=O)c1ccc(CNc2nc3cnc(-c4c(C)ncnc4C4CC4)nc3n(C(C)C3CC3)c2=O)cc1. The van der Waals surface area contributed by atoms with Gasteiger partial charge in [-0.1, -0.05) is 12.1 Å². The van der Waals surface area contributed by atoms with E-state index in [9.17, 15) is 9.00 Å². The van der Waals surface area contributed by atoms with Gasteiger partial charge in [-0.3, -0.25) is 14.5 Å². The Morgan fingerprint density at radius 3 is 2.53 bits per heavy atom. The lowest BCUT2D eigenvalue weighted by Crippen LogP contribution is -2.29. The highest BCUT2D eigenvalue weighted by Gasteiger charge is 2.33. The Hall–Kier alpha value is -3.70. The summed E-state index contributed by atoms with van der Waals surface area (Å²) in [5.41, 5.74) is 4.39. The van der Waals surface area contributed by atoms with Crippen molar-refractivity contribution in [2.24, 2.45) is 11.1 Å². The van der Waals surface area contributed by atoms with E-state index in [4.69, 9.17) is 10.1 Å². The number of benzene rings is 1. The number of aryl methyl sites for hydroxylation is 1. The summed E-state index contributed by atoms with van der Waals surface area (Å²) in [6.45, 7) is 4.37. The predicted molar refractivity (Wildman–Crippen MR) is 148 cm³/mol. The molecule has 2 fully saturated rings. The Labute approximate surface area is 220 Å². The maximum Gasteiger partial charge on any atom is 0.295 e. The summed E-state index contributed by atoms with van der Waals surface area (Å²) in [5.74, 6) is 5.11. The Morgan fingerprint density at radius 2 is 1.87 bits per heavy atom. The summed E-state index contributed by atoms with van der Waals surface area (Å²) in [6.07, 6.45) is 7.64. The zero-order chi connectivity index (χ0) is 26.6. The van der Waals surface area contributed by atoms with Crippen LogP contribution in [0.25, 0.3) is 22.6 Å². The maximum atomic E-state index is 13.8. The molecular weight excluding hydrogens is 500 g/mol. The largest absolute Gasteiger partial charge is 0.361 e. The van der Waals surface area contributed by atoms with Gasteiger partial charge in [0, 0.05) is 23.4 Å². The van der Waals surface area contributed by atoms with Crippen LogP contribution in [0, 0.1) is 12.8 Å². The van der Waals surface area contributed by atoms with Gasteiger partial charge in [-0.05, 0) is 69.0 Å². The molecule has 2 unspecified atom stereocenters. The van der Waals surface area contributed by atoms with Crippen LogP contribution in [-0.2, 0) is 16.3 Å². The second-order valence-corrected chi connectivity index (χ2v) is 12.3. The number of hydrogen-bond donors (Lipinski definition) is 2. The Morgan fingerprint density at radius 1 is 1.13 bits per heavy atom. The van der Waals surface area contributed by atoms with Crippen molar-refractivity contribution < 1.29 is 4.21 Å². The third kappa shape index (κ3) is 4.67. The lowest BCUT2D eigenvalue weighted by molar-refractivity contribution is 0.482. The van der Waals surface area contributed by atoms with Gasteiger partial charge >= 0.3 is 0 Å². The molecule has 11 heteroatoms. The average molecular weight is 531 g/mol. The molecule has 0 spiro atoms. The van der Waals surface area contributed by atoms with Crippen molar-refractivity contribution in [2.45, 2.75) is 62.9 Å². The molecule has 0 bridgehead atoms. The van der Waals surface area contributed by atoms with Gasteiger partial charge in [0.2, 0.25) is 0 Å². The van der Waals surface area contributed by atoms with Crippen LogP contribution in [0.2, 0.25) is 0 Å². The molecule has 3 N–H and O–H groups in total. The molecule has 0 saturated heterocycles. The van der Waals surface area contributed by atoms with Crippen molar-refractivity contribution in [3.63, 3.8) is 0 Å². The van der Waals surface area contributed by atoms with Gasteiger partial charge in [-0.2, -0.15) is 0 Å². The number of hydrogen-bond acceptors (Lipinski definition) is 8. The van der Waals surface area contributed by atoms with Crippen LogP contribution in [0.4, 0.5) is 5.82 Å². The normalized spacial score (nSPS) is 17.8. The molecule has 0 amide bonds. The van der Waals surface area contributed by atoms with Crippen molar-refractivity contribution in [1.29, 1.82) is 0 Å². The number of aromatic nitrogens is 6. The number of nitrogens with two attached hydrogens (primary N) is 1. The highest BCUT2D eigenvalue weighted by Crippen LogP contribution is 2.43. The average Bonchev–Trinajstić information content (AvgIpc) is 3.80. The van der Waals surface area contributed by atoms with Crippen LogP contribution in [0.15, 0.2) is 46.5 Å². The van der Waals surface area contributed by atoms with Gasteiger partial charge < -0.3 is 5.32 Å². The minimum absolute atomic E-state index is 0.0265. The number of nitrogens with one attached hydrogen (secondary N) is 1. The topological polar surface area (TPSA) is 142 Å². The Bertz CT molecular complexity index is 1710. The van der Waals surface area contributed by atoms with Crippen molar-refractivity contribution >= 4 is 32.6 Å². The number of nitrogens with zero attached hydrogens (tertiary/aromatic N) is 6. The van der Waals surface area contributed by atoms with Crippen LogP contribution in [0.5, 0.6) is 0 Å². The zero-order valence-electron chi connectivity index (χ0n) is 21.4. The highest BCUT2D eigenvalue weighted by atomic mass is 32.2. The van der Waals surface area contributed by atoms with Crippen LogP contribution in [0.3, 0.4) is 0 Å². The summed E-state index contributed by atoms with van der Waals surface area (Å²) in [5, 5.41) is 8.81. The van der Waals surface area contributed by atoms with E-state index in [1.807, 2.05) is 19.1 Å². The summed E-state index contributed by atoms with van der Waals surface area (Å²) >= 11 is 0. The minimum atomic E-state index is -2.77. The third-order valence-corrected chi connectivity index (χ3v) is 8.45. The van der Waals surface area contributed by atoms with Gasteiger partial charge in [0.05, 0.1) is 32.9 Å². The molecule has 196 valence electrons. The molecule has 3 aromatic heterocycles. The number of rotatable bonds is 8. The van der Waals surface area contributed by atoms with Gasteiger partial charge in [0.25, 0.3) is 5.56 Å². The Kier molecular flexibility index (Phi) is 5.99. The van der Waals surface area contributed by atoms with E-state index in [0.717, 1.165) is 48.2 Å². The standard InChI is InChI=1S/C27H30N8O2S/c1-15-22(23(19-8-9-19)32-14-31-15)24-30-13-21-26(34-24)35(16(2)18-6-7-18)27(36)25(33-21)29-12-17-4-10-20(11-5-17)38(3,28)37/h4-5,10-11,13-14,16,18-19H,3,6-9,12H2,1-2H3,(H2,28,37)(H,29,33). The monoisotopic (exact) mass is 530 g/mol. The van der Waals surface area contributed by atoms with E-state index in [0.29, 0.717) is 40.3 Å².